The number of benzene rings is 5. The summed E-state index contributed by atoms with van der Waals surface area (Å²) in [6, 6.07) is 49.2. The molecule has 2 nitrogen and oxygen atoms in total. The lowest BCUT2D eigenvalue weighted by Crippen LogP contribution is -1.90. The summed E-state index contributed by atoms with van der Waals surface area (Å²) in [5.41, 5.74) is 7.31. The first-order valence-corrected chi connectivity index (χ1v) is 14.4. The van der Waals surface area contributed by atoms with Gasteiger partial charge in [0.1, 0.15) is 11.5 Å². The van der Waals surface area contributed by atoms with Gasteiger partial charge < -0.3 is 9.47 Å². The maximum atomic E-state index is 6.04. The molecule has 190 valence electrons. The topological polar surface area (TPSA) is 18.5 Å². The fraction of sp³-hybridized carbons (Fsp3) is 0.0556. The molecule has 0 N–H and O–H groups in total. The highest BCUT2D eigenvalue weighted by molar-refractivity contribution is 7.64. The first-order chi connectivity index (χ1) is 19.3. The van der Waals surface area contributed by atoms with E-state index in [9.17, 15) is 0 Å². The monoisotopic (exact) mass is 524 g/mol. The molecule has 6 aromatic rings. The van der Waals surface area contributed by atoms with Gasteiger partial charge in [0.25, 0.3) is 0 Å². The van der Waals surface area contributed by atoms with Gasteiger partial charge in [-0.1, -0.05) is 135 Å². The molecule has 0 fully saturated rings. The van der Waals surface area contributed by atoms with Gasteiger partial charge in [-0.3, -0.25) is 0 Å². The van der Waals surface area contributed by atoms with E-state index >= 15 is 0 Å². The van der Waals surface area contributed by atoms with Gasteiger partial charge in [-0.15, -0.1) is 0 Å². The van der Waals surface area contributed by atoms with E-state index in [0.717, 1.165) is 16.8 Å². The van der Waals surface area contributed by atoms with Crippen LogP contribution in [0.4, 0.5) is 0 Å². The van der Waals surface area contributed by atoms with Crippen molar-refractivity contribution in [3.8, 4) is 60.8 Å². The molecule has 0 amide bonds. The number of hydrogen-bond donors (Lipinski definition) is 0. The molecule has 1 aromatic heterocycles. The summed E-state index contributed by atoms with van der Waals surface area (Å²) in [4.78, 5) is 0. The normalized spacial score (nSPS) is 10.8. The van der Waals surface area contributed by atoms with Crippen molar-refractivity contribution in [2.24, 2.45) is 0 Å². The summed E-state index contributed by atoms with van der Waals surface area (Å²) >= 11 is 0. The van der Waals surface area contributed by atoms with Crippen LogP contribution >= 0.6 is 7.53 Å². The summed E-state index contributed by atoms with van der Waals surface area (Å²) in [5.74, 6) is 1.67. The van der Waals surface area contributed by atoms with Gasteiger partial charge in [0, 0.05) is 21.7 Å². The minimum absolute atomic E-state index is 0.837. The molecule has 0 atom stereocenters. The lowest BCUT2D eigenvalue weighted by Gasteiger charge is -2.18. The van der Waals surface area contributed by atoms with Crippen molar-refractivity contribution in [1.29, 1.82) is 0 Å². The molecule has 5 aromatic carbocycles. The van der Waals surface area contributed by atoms with Crippen LogP contribution in [-0.2, 0) is 0 Å². The van der Waals surface area contributed by atoms with Gasteiger partial charge in [-0.25, -0.2) is 0 Å². The van der Waals surface area contributed by atoms with Gasteiger partial charge in [0.05, 0.1) is 19.5 Å². The summed E-state index contributed by atoms with van der Waals surface area (Å²) in [5, 5.41) is 3.70. The number of methoxy groups -OCH3 is 2. The first-order valence-electron chi connectivity index (χ1n) is 13.0. The Kier molecular flexibility index (Phi) is 7.04. The van der Waals surface area contributed by atoms with Crippen LogP contribution in [0.25, 0.3) is 49.3 Å². The molecule has 0 spiro atoms. The second kappa shape index (κ2) is 11.1. The zero-order valence-electron chi connectivity index (χ0n) is 22.0. The Morgan fingerprint density at radius 3 is 1.05 bits per heavy atom. The molecule has 1 heterocycles. The lowest BCUT2D eigenvalue weighted by atomic mass is 9.91. The van der Waals surface area contributed by atoms with Crippen molar-refractivity contribution in [3.63, 3.8) is 0 Å². The molecule has 0 aliphatic heterocycles. The highest BCUT2D eigenvalue weighted by Crippen LogP contribution is 2.69. The number of rotatable bonds is 7. The van der Waals surface area contributed by atoms with Gasteiger partial charge in [0.2, 0.25) is 0 Å². The highest BCUT2D eigenvalue weighted by atomic mass is 31.1. The van der Waals surface area contributed by atoms with Crippen molar-refractivity contribution in [2.45, 2.75) is 0 Å². The van der Waals surface area contributed by atoms with Crippen molar-refractivity contribution in [2.75, 3.05) is 14.2 Å². The Morgan fingerprint density at radius 2 is 0.718 bits per heavy atom. The van der Waals surface area contributed by atoms with E-state index in [0.29, 0.717) is 0 Å². The number of ether oxygens (including phenoxy) is 2. The van der Waals surface area contributed by atoms with Crippen LogP contribution in [0, 0.1) is 0 Å². The SMILES string of the molecule is COc1cccc(OC)c1-p1c(-c2ccccc2)c(-c2ccccc2)c(-c2ccccc2)c1-c1ccccc1. The Hall–Kier alpha value is -4.52. The molecule has 0 aliphatic rings. The summed E-state index contributed by atoms with van der Waals surface area (Å²) in [7, 11) is 2.41. The molecule has 0 bridgehead atoms. The lowest BCUT2D eigenvalue weighted by molar-refractivity contribution is 0.399. The van der Waals surface area contributed by atoms with Crippen LogP contribution in [0.15, 0.2) is 140 Å². The van der Waals surface area contributed by atoms with Crippen molar-refractivity contribution < 1.29 is 9.47 Å². The maximum absolute atomic E-state index is 6.04. The standard InChI is InChI=1S/C36H29O2P/c1-37-30-24-15-25-31(38-2)36(30)39-34(28-20-11-5-12-21-28)32(26-16-7-3-8-17-26)33(27-18-9-4-10-19-27)35(39)29-22-13-6-14-23-29/h3-25H,1-2H3. The van der Waals surface area contributed by atoms with Crippen LogP contribution in [0.3, 0.4) is 0 Å². The van der Waals surface area contributed by atoms with Crippen molar-refractivity contribution in [3.05, 3.63) is 140 Å². The predicted molar refractivity (Wildman–Crippen MR) is 165 cm³/mol. The quantitative estimate of drug-likeness (QED) is 0.207. The molecule has 39 heavy (non-hydrogen) atoms. The summed E-state index contributed by atoms with van der Waals surface area (Å²) in [6.45, 7) is 0. The van der Waals surface area contributed by atoms with Gasteiger partial charge in [-0.2, -0.15) is 0 Å². The zero-order chi connectivity index (χ0) is 26.6. The fourth-order valence-electron chi connectivity index (χ4n) is 5.36. The second-order valence-corrected chi connectivity index (χ2v) is 11.3. The van der Waals surface area contributed by atoms with Crippen LogP contribution in [-0.4, -0.2) is 14.2 Å². The minimum Gasteiger partial charge on any atom is -0.496 e. The van der Waals surface area contributed by atoms with Gasteiger partial charge >= 0.3 is 0 Å². The van der Waals surface area contributed by atoms with E-state index in [-0.39, 0.29) is 0 Å². The van der Waals surface area contributed by atoms with E-state index in [1.807, 2.05) is 18.2 Å². The van der Waals surface area contributed by atoms with Gasteiger partial charge in [-0.05, 0) is 34.4 Å². The van der Waals surface area contributed by atoms with Crippen LogP contribution in [0.1, 0.15) is 0 Å². The summed E-state index contributed by atoms with van der Waals surface area (Å²) < 4.78 is 12.1. The van der Waals surface area contributed by atoms with Crippen LogP contribution in [0.2, 0.25) is 0 Å². The fourth-order valence-corrected chi connectivity index (χ4v) is 8.55. The average molecular weight is 525 g/mol. The molecule has 0 aliphatic carbocycles. The van der Waals surface area contributed by atoms with Crippen LogP contribution in [0.5, 0.6) is 11.5 Å². The molecule has 6 rings (SSSR count). The van der Waals surface area contributed by atoms with E-state index < -0.39 is 7.53 Å². The van der Waals surface area contributed by atoms with Crippen molar-refractivity contribution >= 4 is 7.53 Å². The highest BCUT2D eigenvalue weighted by Gasteiger charge is 2.31. The molecule has 0 saturated carbocycles. The third-order valence-corrected chi connectivity index (χ3v) is 9.76. The molecule has 0 saturated heterocycles. The van der Waals surface area contributed by atoms with E-state index in [1.165, 1.54) is 44.0 Å². The predicted octanol–water partition coefficient (Wildman–Crippen LogP) is 10.3. The van der Waals surface area contributed by atoms with E-state index in [1.54, 1.807) is 14.2 Å². The molecule has 0 unspecified atom stereocenters. The molecule has 3 heteroatoms. The van der Waals surface area contributed by atoms with Crippen molar-refractivity contribution in [1.82, 2.24) is 0 Å². The third-order valence-electron chi connectivity index (χ3n) is 7.02. The zero-order valence-corrected chi connectivity index (χ0v) is 22.9. The Labute approximate surface area is 231 Å². The van der Waals surface area contributed by atoms with Gasteiger partial charge in [0.15, 0.2) is 0 Å². The third kappa shape index (κ3) is 4.54. The smallest absolute Gasteiger partial charge is 0.134 e. The average Bonchev–Trinajstić information content (AvgIpc) is 3.38. The summed E-state index contributed by atoms with van der Waals surface area (Å²) in [6.07, 6.45) is 0. The molecule has 0 radical (unpaired) electrons. The van der Waals surface area contributed by atoms with E-state index in [2.05, 4.69) is 121 Å². The molecular weight excluding hydrogens is 495 g/mol. The molecular formula is C36H29O2P. The van der Waals surface area contributed by atoms with E-state index in [4.69, 9.17) is 9.47 Å². The first kappa shape index (κ1) is 24.8. The minimum atomic E-state index is -1.09. The maximum Gasteiger partial charge on any atom is 0.134 e. The van der Waals surface area contributed by atoms with Crippen LogP contribution < -0.4 is 9.47 Å². The Morgan fingerprint density at radius 1 is 0.385 bits per heavy atom. The number of hydrogen-bond acceptors (Lipinski definition) is 2. The second-order valence-electron chi connectivity index (χ2n) is 9.26. The largest absolute Gasteiger partial charge is 0.496 e. The Bertz CT molecular complexity index is 1570. The Balaban J connectivity index is 1.91.